The van der Waals surface area contributed by atoms with E-state index in [4.69, 9.17) is 4.74 Å². The molecule has 1 amide bonds. The van der Waals surface area contributed by atoms with E-state index in [1.165, 1.54) is 0 Å². The van der Waals surface area contributed by atoms with Crippen molar-refractivity contribution in [2.75, 3.05) is 31.6 Å². The van der Waals surface area contributed by atoms with E-state index in [0.29, 0.717) is 24.8 Å². The lowest BCUT2D eigenvalue weighted by Gasteiger charge is -2.22. The predicted molar refractivity (Wildman–Crippen MR) is 81.2 cm³/mol. The van der Waals surface area contributed by atoms with Crippen LogP contribution in [0.3, 0.4) is 0 Å². The Hall–Kier alpha value is -1.69. The van der Waals surface area contributed by atoms with Crippen LogP contribution in [0.4, 0.5) is 5.95 Å². The Balaban J connectivity index is 1.64. The Bertz CT molecular complexity index is 452. The number of carbonyl (C=O) groups excluding carboxylic acids is 1. The molecule has 0 atom stereocenters. The van der Waals surface area contributed by atoms with E-state index in [2.05, 4.69) is 20.6 Å². The van der Waals surface area contributed by atoms with Crippen molar-refractivity contribution < 1.29 is 9.53 Å². The molecular weight excluding hydrogens is 268 g/mol. The summed E-state index contributed by atoms with van der Waals surface area (Å²) in [4.78, 5) is 20.4. The van der Waals surface area contributed by atoms with Gasteiger partial charge in [-0.1, -0.05) is 0 Å². The van der Waals surface area contributed by atoms with Crippen molar-refractivity contribution in [2.24, 2.45) is 5.92 Å². The fourth-order valence-corrected chi connectivity index (χ4v) is 2.39. The van der Waals surface area contributed by atoms with Crippen LogP contribution < -0.4 is 10.6 Å². The Kier molecular flexibility index (Phi) is 5.92. The summed E-state index contributed by atoms with van der Waals surface area (Å²) >= 11 is 0. The van der Waals surface area contributed by atoms with E-state index >= 15 is 0 Å². The van der Waals surface area contributed by atoms with E-state index < -0.39 is 0 Å². The average Bonchev–Trinajstić information content (AvgIpc) is 2.45. The Morgan fingerprint density at radius 1 is 1.29 bits per heavy atom. The number of ether oxygens (including phenoxy) is 1. The molecular formula is C15H24N4O2. The third-order valence-electron chi connectivity index (χ3n) is 3.55. The molecule has 1 aliphatic heterocycles. The first-order valence-electron chi connectivity index (χ1n) is 7.54. The highest BCUT2D eigenvalue weighted by Gasteiger charge is 2.14. The summed E-state index contributed by atoms with van der Waals surface area (Å²) in [6, 6.07) is 1.92. The first-order valence-corrected chi connectivity index (χ1v) is 7.54. The van der Waals surface area contributed by atoms with Gasteiger partial charge in [0.1, 0.15) is 0 Å². The molecule has 1 saturated heterocycles. The van der Waals surface area contributed by atoms with Gasteiger partial charge in [0.05, 0.1) is 0 Å². The van der Waals surface area contributed by atoms with Crippen molar-refractivity contribution in [2.45, 2.75) is 33.1 Å². The van der Waals surface area contributed by atoms with E-state index in [0.717, 1.165) is 44.0 Å². The van der Waals surface area contributed by atoms with Gasteiger partial charge in [-0.3, -0.25) is 4.79 Å². The number of nitrogens with one attached hydrogen (secondary N) is 2. The second-order valence-electron chi connectivity index (χ2n) is 5.51. The number of hydrogen-bond donors (Lipinski definition) is 2. The van der Waals surface area contributed by atoms with Crippen molar-refractivity contribution in [3.05, 3.63) is 17.5 Å². The molecule has 0 radical (unpaired) electrons. The smallest absolute Gasteiger partial charge is 0.223 e. The monoisotopic (exact) mass is 292 g/mol. The lowest BCUT2D eigenvalue weighted by atomic mass is 10.0. The van der Waals surface area contributed by atoms with Crippen molar-refractivity contribution in [3.8, 4) is 0 Å². The standard InChI is InChI=1S/C15H24N4O2/c1-11-9-12(2)19-15(18-11)16-6-3-14(20)17-10-13-4-7-21-8-5-13/h9,13H,3-8,10H2,1-2H3,(H,17,20)(H,16,18,19). The second kappa shape index (κ2) is 7.93. The van der Waals surface area contributed by atoms with Gasteiger partial charge in [0, 0.05) is 44.1 Å². The van der Waals surface area contributed by atoms with Crippen LogP contribution in [-0.4, -0.2) is 42.2 Å². The molecule has 2 N–H and O–H groups in total. The molecule has 1 aromatic rings. The largest absolute Gasteiger partial charge is 0.381 e. The highest BCUT2D eigenvalue weighted by atomic mass is 16.5. The minimum atomic E-state index is 0.0679. The van der Waals surface area contributed by atoms with Crippen molar-refractivity contribution in [3.63, 3.8) is 0 Å². The molecule has 21 heavy (non-hydrogen) atoms. The molecule has 1 aromatic heterocycles. The van der Waals surface area contributed by atoms with Gasteiger partial charge >= 0.3 is 0 Å². The normalized spacial score (nSPS) is 15.7. The highest BCUT2D eigenvalue weighted by Crippen LogP contribution is 2.13. The van der Waals surface area contributed by atoms with Crippen LogP contribution in [-0.2, 0) is 9.53 Å². The number of anilines is 1. The minimum Gasteiger partial charge on any atom is -0.381 e. The third-order valence-corrected chi connectivity index (χ3v) is 3.55. The zero-order valence-corrected chi connectivity index (χ0v) is 12.8. The Morgan fingerprint density at radius 3 is 2.62 bits per heavy atom. The third kappa shape index (κ3) is 5.67. The maximum atomic E-state index is 11.8. The van der Waals surface area contributed by atoms with Gasteiger partial charge in [0.25, 0.3) is 0 Å². The van der Waals surface area contributed by atoms with Crippen molar-refractivity contribution in [1.29, 1.82) is 0 Å². The number of nitrogens with zero attached hydrogens (tertiary/aromatic N) is 2. The summed E-state index contributed by atoms with van der Waals surface area (Å²) in [5.74, 6) is 1.21. The maximum absolute atomic E-state index is 11.8. The fraction of sp³-hybridized carbons (Fsp3) is 0.667. The molecule has 0 unspecified atom stereocenters. The van der Waals surface area contributed by atoms with E-state index in [-0.39, 0.29) is 5.91 Å². The minimum absolute atomic E-state index is 0.0679. The molecule has 6 heteroatoms. The predicted octanol–water partition coefficient (Wildman–Crippen LogP) is 1.44. The molecule has 0 bridgehead atoms. The lowest BCUT2D eigenvalue weighted by Crippen LogP contribution is -2.33. The SMILES string of the molecule is Cc1cc(C)nc(NCCC(=O)NCC2CCOCC2)n1. The van der Waals surface area contributed by atoms with Gasteiger partial charge in [-0.25, -0.2) is 9.97 Å². The molecule has 1 fully saturated rings. The number of carbonyl (C=O) groups is 1. The summed E-state index contributed by atoms with van der Waals surface area (Å²) < 4.78 is 5.30. The van der Waals surface area contributed by atoms with Crippen LogP contribution in [0.2, 0.25) is 0 Å². The second-order valence-corrected chi connectivity index (χ2v) is 5.51. The van der Waals surface area contributed by atoms with E-state index in [9.17, 15) is 4.79 Å². The van der Waals surface area contributed by atoms with Crippen LogP contribution >= 0.6 is 0 Å². The van der Waals surface area contributed by atoms with Gasteiger partial charge in [0.2, 0.25) is 11.9 Å². The number of aromatic nitrogens is 2. The van der Waals surface area contributed by atoms with Crippen molar-refractivity contribution >= 4 is 11.9 Å². The Morgan fingerprint density at radius 2 is 1.95 bits per heavy atom. The lowest BCUT2D eigenvalue weighted by molar-refractivity contribution is -0.121. The summed E-state index contributed by atoms with van der Waals surface area (Å²) in [5, 5.41) is 6.08. The summed E-state index contributed by atoms with van der Waals surface area (Å²) in [7, 11) is 0. The molecule has 6 nitrogen and oxygen atoms in total. The molecule has 2 rings (SSSR count). The van der Waals surface area contributed by atoms with Crippen LogP contribution in [0.15, 0.2) is 6.07 Å². The maximum Gasteiger partial charge on any atom is 0.223 e. The number of amides is 1. The topological polar surface area (TPSA) is 76.1 Å². The van der Waals surface area contributed by atoms with Crippen molar-refractivity contribution in [1.82, 2.24) is 15.3 Å². The quantitative estimate of drug-likeness (QED) is 0.829. The first kappa shape index (κ1) is 15.7. The summed E-state index contributed by atoms with van der Waals surface area (Å²) in [6.45, 7) is 6.78. The van der Waals surface area contributed by atoms with Gasteiger partial charge in [0.15, 0.2) is 0 Å². The molecule has 116 valence electrons. The van der Waals surface area contributed by atoms with Crippen LogP contribution in [0.1, 0.15) is 30.7 Å². The molecule has 1 aliphatic rings. The van der Waals surface area contributed by atoms with Gasteiger partial charge in [-0.05, 0) is 38.7 Å². The first-order chi connectivity index (χ1) is 10.1. The number of rotatable bonds is 6. The molecule has 0 saturated carbocycles. The average molecular weight is 292 g/mol. The molecule has 0 aliphatic carbocycles. The number of aryl methyl sites for hydroxylation is 2. The molecule has 0 aromatic carbocycles. The Labute approximate surface area is 125 Å². The fourth-order valence-electron chi connectivity index (χ4n) is 2.39. The van der Waals surface area contributed by atoms with E-state index in [1.807, 2.05) is 19.9 Å². The molecule has 0 spiro atoms. The summed E-state index contributed by atoms with van der Waals surface area (Å²) in [6.07, 6.45) is 2.50. The van der Waals surface area contributed by atoms with Crippen LogP contribution in [0.5, 0.6) is 0 Å². The number of hydrogen-bond acceptors (Lipinski definition) is 5. The highest BCUT2D eigenvalue weighted by molar-refractivity contribution is 5.76. The van der Waals surface area contributed by atoms with Gasteiger partial charge < -0.3 is 15.4 Å². The summed E-state index contributed by atoms with van der Waals surface area (Å²) in [5.41, 5.74) is 1.85. The van der Waals surface area contributed by atoms with Crippen LogP contribution in [0.25, 0.3) is 0 Å². The van der Waals surface area contributed by atoms with Gasteiger partial charge in [-0.15, -0.1) is 0 Å². The molecule has 2 heterocycles. The zero-order chi connectivity index (χ0) is 15.1. The van der Waals surface area contributed by atoms with E-state index in [1.54, 1.807) is 0 Å². The van der Waals surface area contributed by atoms with Crippen LogP contribution in [0, 0.1) is 19.8 Å². The van der Waals surface area contributed by atoms with Gasteiger partial charge in [-0.2, -0.15) is 0 Å². The zero-order valence-electron chi connectivity index (χ0n) is 12.8.